The molecule has 1 heterocycles. The predicted octanol–water partition coefficient (Wildman–Crippen LogP) is 5.63. The number of rotatable bonds is 8. The molecule has 1 aliphatic carbocycles. The first-order valence-corrected chi connectivity index (χ1v) is 12.3. The molecule has 0 saturated carbocycles. The van der Waals surface area contributed by atoms with E-state index in [0.717, 1.165) is 36.5 Å². The number of benzene rings is 2. The summed E-state index contributed by atoms with van der Waals surface area (Å²) in [6.07, 6.45) is 15.8. The Morgan fingerprint density at radius 3 is 2.69 bits per heavy atom. The molecular formula is C30H36N2O4. The van der Waals surface area contributed by atoms with Crippen molar-refractivity contribution in [1.29, 1.82) is 0 Å². The molecule has 36 heavy (non-hydrogen) atoms. The number of carbonyl (C=O) groups excluding carboxylic acids is 1. The minimum atomic E-state index is 0.0653. The van der Waals surface area contributed by atoms with E-state index in [2.05, 4.69) is 53.1 Å². The minimum absolute atomic E-state index is 0.0653. The Balaban J connectivity index is 0.000000236. The maximum absolute atomic E-state index is 10.0. The van der Waals surface area contributed by atoms with E-state index < -0.39 is 0 Å². The smallest absolute Gasteiger partial charge is 0.160 e. The van der Waals surface area contributed by atoms with E-state index in [9.17, 15) is 9.90 Å². The van der Waals surface area contributed by atoms with Gasteiger partial charge in [-0.3, -0.25) is 4.79 Å². The number of methoxy groups -OCH3 is 1. The van der Waals surface area contributed by atoms with Crippen LogP contribution in [-0.4, -0.2) is 38.6 Å². The first-order chi connectivity index (χ1) is 17.6. The van der Waals surface area contributed by atoms with E-state index in [-0.39, 0.29) is 5.75 Å². The maximum Gasteiger partial charge on any atom is 0.160 e. The van der Waals surface area contributed by atoms with Gasteiger partial charge in [0.15, 0.2) is 11.5 Å². The van der Waals surface area contributed by atoms with Crippen molar-refractivity contribution < 1.29 is 19.4 Å². The molecule has 0 amide bonds. The normalized spacial score (nSPS) is 15.7. The number of phenolic OH excluding ortho intramolecular Hbond substituents is 1. The lowest BCUT2D eigenvalue weighted by atomic mass is 9.89. The third-order valence-electron chi connectivity index (χ3n) is 6.15. The summed E-state index contributed by atoms with van der Waals surface area (Å²) in [5, 5.41) is 16.0. The van der Waals surface area contributed by atoms with Gasteiger partial charge < -0.3 is 25.2 Å². The molecule has 0 bridgehead atoms. The van der Waals surface area contributed by atoms with Crippen molar-refractivity contribution in [2.45, 2.75) is 25.9 Å². The number of nitrogens with one attached hydrogen (secondary N) is 2. The second-order valence-electron chi connectivity index (χ2n) is 8.56. The molecule has 2 aromatic rings. The number of hydrogen-bond acceptors (Lipinski definition) is 6. The van der Waals surface area contributed by atoms with Crippen molar-refractivity contribution in [3.63, 3.8) is 0 Å². The molecule has 1 aliphatic heterocycles. The van der Waals surface area contributed by atoms with E-state index in [1.807, 2.05) is 13.1 Å². The summed E-state index contributed by atoms with van der Waals surface area (Å²) >= 11 is 0. The highest BCUT2D eigenvalue weighted by Gasteiger charge is 2.17. The topological polar surface area (TPSA) is 79.8 Å². The highest BCUT2D eigenvalue weighted by Crippen LogP contribution is 2.28. The Kier molecular flexibility index (Phi) is 10.9. The van der Waals surface area contributed by atoms with Gasteiger partial charge in [-0.15, -0.1) is 0 Å². The van der Waals surface area contributed by atoms with E-state index in [1.54, 1.807) is 18.2 Å². The van der Waals surface area contributed by atoms with Crippen LogP contribution in [0.3, 0.4) is 0 Å². The highest BCUT2D eigenvalue weighted by atomic mass is 16.5. The predicted molar refractivity (Wildman–Crippen MR) is 146 cm³/mol. The fraction of sp³-hybridized carbons (Fsp3) is 0.300. The molecule has 6 nitrogen and oxygen atoms in total. The zero-order chi connectivity index (χ0) is 25.6. The summed E-state index contributed by atoms with van der Waals surface area (Å²) in [4.78, 5) is 10.0. The average Bonchev–Trinajstić information content (AvgIpc) is 3.18. The maximum atomic E-state index is 10.0. The number of para-hydroxylation sites is 1. The van der Waals surface area contributed by atoms with Crippen molar-refractivity contribution in [2.24, 2.45) is 5.92 Å². The molecule has 2 aliphatic rings. The number of piperidine rings is 1. The number of aromatic hydroxyl groups is 1. The van der Waals surface area contributed by atoms with Crippen molar-refractivity contribution >= 4 is 18.0 Å². The van der Waals surface area contributed by atoms with Crippen LogP contribution in [0.15, 0.2) is 84.2 Å². The van der Waals surface area contributed by atoms with E-state index in [0.29, 0.717) is 24.6 Å². The lowest BCUT2D eigenvalue weighted by Gasteiger charge is -2.24. The second-order valence-corrected chi connectivity index (χ2v) is 8.56. The Morgan fingerprint density at radius 1 is 1.17 bits per heavy atom. The van der Waals surface area contributed by atoms with Crippen molar-refractivity contribution in [3.8, 4) is 11.5 Å². The van der Waals surface area contributed by atoms with Crippen LogP contribution in [0.1, 0.15) is 30.4 Å². The molecule has 2 aromatic carbocycles. The first-order valence-electron chi connectivity index (χ1n) is 12.3. The molecule has 1 fully saturated rings. The monoisotopic (exact) mass is 488 g/mol. The molecular weight excluding hydrogens is 452 g/mol. The zero-order valence-electron chi connectivity index (χ0n) is 21.1. The van der Waals surface area contributed by atoms with Gasteiger partial charge in [-0.2, -0.15) is 0 Å². The van der Waals surface area contributed by atoms with E-state index >= 15 is 0 Å². The Morgan fingerprint density at radius 2 is 1.97 bits per heavy atom. The molecule has 4 rings (SSSR count). The number of allylic oxidation sites excluding steroid dienone is 6. The number of aldehydes is 1. The van der Waals surface area contributed by atoms with Gasteiger partial charge in [-0.05, 0) is 73.3 Å². The minimum Gasteiger partial charge on any atom is -0.504 e. The summed E-state index contributed by atoms with van der Waals surface area (Å²) in [5.74, 6) is 2.20. The number of hydrogen-bond donors (Lipinski definition) is 3. The third kappa shape index (κ3) is 8.17. The van der Waals surface area contributed by atoms with Crippen molar-refractivity contribution in [1.82, 2.24) is 5.32 Å². The number of anilines is 1. The molecule has 0 radical (unpaired) electrons. The van der Waals surface area contributed by atoms with Gasteiger partial charge in [-0.1, -0.05) is 48.6 Å². The van der Waals surface area contributed by atoms with Crippen LogP contribution in [0.5, 0.6) is 11.5 Å². The largest absolute Gasteiger partial charge is 0.504 e. The highest BCUT2D eigenvalue weighted by molar-refractivity contribution is 5.74. The Labute approximate surface area is 214 Å². The number of ether oxygens (including phenoxy) is 2. The average molecular weight is 489 g/mol. The summed E-state index contributed by atoms with van der Waals surface area (Å²) < 4.78 is 11.0. The van der Waals surface area contributed by atoms with Crippen LogP contribution in [0.4, 0.5) is 5.69 Å². The van der Waals surface area contributed by atoms with Crippen LogP contribution in [0, 0.1) is 5.92 Å². The van der Waals surface area contributed by atoms with Gasteiger partial charge in [0, 0.05) is 24.7 Å². The number of carbonyl (C=O) groups is 1. The van der Waals surface area contributed by atoms with Crippen LogP contribution >= 0.6 is 0 Å². The lowest BCUT2D eigenvalue weighted by molar-refractivity contribution is -0.104. The third-order valence-corrected chi connectivity index (χ3v) is 6.15. The van der Waals surface area contributed by atoms with E-state index in [4.69, 9.17) is 9.47 Å². The molecule has 6 heteroatoms. The molecule has 3 N–H and O–H groups in total. The molecule has 190 valence electrons. The zero-order valence-corrected chi connectivity index (χ0v) is 21.1. The van der Waals surface area contributed by atoms with Crippen LogP contribution in [-0.2, 0) is 16.1 Å². The van der Waals surface area contributed by atoms with Gasteiger partial charge in [0.25, 0.3) is 0 Å². The van der Waals surface area contributed by atoms with Gasteiger partial charge in [0.1, 0.15) is 18.7 Å². The fourth-order valence-electron chi connectivity index (χ4n) is 4.19. The van der Waals surface area contributed by atoms with Gasteiger partial charge >= 0.3 is 0 Å². The first kappa shape index (κ1) is 26.8. The Hall–Kier alpha value is -3.77. The van der Waals surface area contributed by atoms with Crippen molar-refractivity contribution in [2.75, 3.05) is 32.6 Å². The Bertz CT molecular complexity index is 1110. The standard InChI is InChI=1S/C20H26N2O.C10H10O3/c1-21-20-9-5-3-7-18(20)15-23-19-8-4-2-6-17(14-19)16-10-12-22-13-11-16;1-13-10-5-4-8(3-2-6-11)7-9(10)12/h2-7,9,14,16,21-22H,8,10-13,15H2,1H3;2-7,12H,1H3/b;3-2+. The van der Waals surface area contributed by atoms with Gasteiger partial charge in [-0.25, -0.2) is 0 Å². The molecule has 1 saturated heterocycles. The number of phenols is 1. The fourth-order valence-corrected chi connectivity index (χ4v) is 4.19. The summed E-state index contributed by atoms with van der Waals surface area (Å²) in [7, 11) is 3.43. The SMILES string of the molecule is CNc1ccccc1COC1=CC(C2CCNCC2)=CC=CC1.COc1ccc(/C=C/C=O)cc1O. The molecule has 0 aromatic heterocycles. The van der Waals surface area contributed by atoms with Gasteiger partial charge in [0.2, 0.25) is 0 Å². The molecule has 0 atom stereocenters. The molecule has 0 spiro atoms. The quantitative estimate of drug-likeness (QED) is 0.330. The van der Waals surface area contributed by atoms with Crippen LogP contribution < -0.4 is 15.4 Å². The summed E-state index contributed by atoms with van der Waals surface area (Å²) in [6, 6.07) is 13.2. The summed E-state index contributed by atoms with van der Waals surface area (Å²) in [5.41, 5.74) is 4.49. The van der Waals surface area contributed by atoms with Crippen LogP contribution in [0.2, 0.25) is 0 Å². The summed E-state index contributed by atoms with van der Waals surface area (Å²) in [6.45, 7) is 2.84. The van der Waals surface area contributed by atoms with Crippen molar-refractivity contribution in [3.05, 3.63) is 95.3 Å². The second kappa shape index (κ2) is 14.6. The van der Waals surface area contributed by atoms with E-state index in [1.165, 1.54) is 43.2 Å². The van der Waals surface area contributed by atoms with Gasteiger partial charge in [0.05, 0.1) is 7.11 Å². The van der Waals surface area contributed by atoms with Crippen LogP contribution in [0.25, 0.3) is 6.08 Å². The lowest BCUT2D eigenvalue weighted by Crippen LogP contribution is -2.28. The molecule has 0 unspecified atom stereocenters.